The van der Waals surface area contributed by atoms with Gasteiger partial charge in [-0.1, -0.05) is 29.3 Å². The Morgan fingerprint density at radius 1 is 1.12 bits per heavy atom. The van der Waals surface area contributed by atoms with E-state index in [-0.39, 0.29) is 24.3 Å². The maximum atomic E-state index is 12.6. The Labute approximate surface area is 199 Å². The number of carbonyl (C=O) groups is 2. The van der Waals surface area contributed by atoms with Crippen LogP contribution in [0.25, 0.3) is 6.08 Å². The molecular weight excluding hydrogens is 453 g/mol. The first-order valence-electron chi connectivity index (χ1n) is 11.1. The van der Waals surface area contributed by atoms with Gasteiger partial charge in [0.25, 0.3) is 0 Å². The first kappa shape index (κ1) is 25.0. The van der Waals surface area contributed by atoms with Crippen LogP contribution in [0, 0.1) is 5.92 Å². The van der Waals surface area contributed by atoms with Gasteiger partial charge in [-0.2, -0.15) is 0 Å². The van der Waals surface area contributed by atoms with Gasteiger partial charge in [0, 0.05) is 57.7 Å². The van der Waals surface area contributed by atoms with Crippen molar-refractivity contribution in [3.63, 3.8) is 0 Å². The molecule has 0 aromatic heterocycles. The minimum atomic E-state index is -0.495. The van der Waals surface area contributed by atoms with E-state index in [1.165, 1.54) is 6.08 Å². The number of β-amino-alcohol motifs (C(OH)–C–C–N with tert-alkyl or cyclic N) is 1. The molecule has 32 heavy (non-hydrogen) atoms. The maximum Gasteiger partial charge on any atom is 0.246 e. The van der Waals surface area contributed by atoms with Gasteiger partial charge < -0.3 is 24.9 Å². The van der Waals surface area contributed by atoms with E-state index in [0.717, 1.165) is 31.5 Å². The summed E-state index contributed by atoms with van der Waals surface area (Å²) in [6.45, 7) is 4.29. The lowest BCUT2D eigenvalue weighted by atomic mass is 9.95. The molecule has 0 saturated carbocycles. The number of benzene rings is 1. The molecule has 2 fully saturated rings. The number of hydrogen-bond donors (Lipinski definition) is 2. The quantitative estimate of drug-likeness (QED) is 0.580. The van der Waals surface area contributed by atoms with Crippen molar-refractivity contribution in [2.24, 2.45) is 5.92 Å². The summed E-state index contributed by atoms with van der Waals surface area (Å²) in [7, 11) is 0. The topological polar surface area (TPSA) is 84.3 Å². The normalized spacial score (nSPS) is 23.1. The average molecular weight is 484 g/mol. The first-order chi connectivity index (χ1) is 15.4. The fraction of sp³-hybridized carbons (Fsp3) is 0.565. The van der Waals surface area contributed by atoms with Crippen molar-refractivity contribution < 1.29 is 19.8 Å². The standard InChI is InChI=1S/C23H31Cl2N3O4/c24-19-4-2-17(14-20(19)25)3-5-22(31)28-11-7-23(32)27(12-13-28)9-1-8-26-10-6-18(16-29)21(30)15-26/h2-5,14,18,21,29-30H,1,6-13,15-16H2/t18-,21+/m1/s1. The molecule has 0 unspecified atom stereocenters. The van der Waals surface area contributed by atoms with Crippen LogP contribution in [0.15, 0.2) is 24.3 Å². The predicted octanol–water partition coefficient (Wildman–Crippen LogP) is 2.13. The summed E-state index contributed by atoms with van der Waals surface area (Å²) < 4.78 is 0. The maximum absolute atomic E-state index is 12.6. The van der Waals surface area contributed by atoms with Crippen molar-refractivity contribution in [1.82, 2.24) is 14.7 Å². The van der Waals surface area contributed by atoms with Crippen molar-refractivity contribution in [1.29, 1.82) is 0 Å². The van der Waals surface area contributed by atoms with E-state index < -0.39 is 6.10 Å². The van der Waals surface area contributed by atoms with Crippen molar-refractivity contribution >= 4 is 41.1 Å². The zero-order chi connectivity index (χ0) is 23.1. The summed E-state index contributed by atoms with van der Waals surface area (Å²) in [4.78, 5) is 30.8. The van der Waals surface area contributed by atoms with E-state index in [2.05, 4.69) is 4.90 Å². The highest BCUT2D eigenvalue weighted by atomic mass is 35.5. The zero-order valence-electron chi connectivity index (χ0n) is 18.1. The van der Waals surface area contributed by atoms with Crippen molar-refractivity contribution in [3.05, 3.63) is 39.9 Å². The Kier molecular flexibility index (Phi) is 9.37. The molecule has 1 aromatic carbocycles. The summed E-state index contributed by atoms with van der Waals surface area (Å²) in [5, 5.41) is 20.2. The third-order valence-electron chi connectivity index (χ3n) is 6.20. The van der Waals surface area contributed by atoms with Crippen LogP contribution in [0.5, 0.6) is 0 Å². The van der Waals surface area contributed by atoms with Gasteiger partial charge in [0.15, 0.2) is 0 Å². The number of aliphatic hydroxyl groups excluding tert-OH is 2. The smallest absolute Gasteiger partial charge is 0.246 e. The van der Waals surface area contributed by atoms with Gasteiger partial charge in [-0.3, -0.25) is 9.59 Å². The van der Waals surface area contributed by atoms with Gasteiger partial charge in [-0.25, -0.2) is 0 Å². The molecule has 2 aliphatic heterocycles. The molecule has 2 saturated heterocycles. The number of amides is 2. The van der Waals surface area contributed by atoms with Crippen molar-refractivity contribution in [3.8, 4) is 0 Å². The van der Waals surface area contributed by atoms with Crippen LogP contribution in [0.2, 0.25) is 10.0 Å². The molecule has 2 N–H and O–H groups in total. The van der Waals surface area contributed by atoms with Gasteiger partial charge in [-0.15, -0.1) is 0 Å². The van der Waals surface area contributed by atoms with Crippen LogP contribution >= 0.6 is 23.2 Å². The third kappa shape index (κ3) is 6.93. The molecule has 0 spiro atoms. The largest absolute Gasteiger partial charge is 0.396 e. The summed E-state index contributed by atoms with van der Waals surface area (Å²) in [6, 6.07) is 5.18. The van der Waals surface area contributed by atoms with Gasteiger partial charge in [0.05, 0.1) is 16.1 Å². The molecule has 0 radical (unpaired) electrons. The molecule has 7 nitrogen and oxygen atoms in total. The lowest BCUT2D eigenvalue weighted by Gasteiger charge is -2.35. The van der Waals surface area contributed by atoms with Crippen LogP contribution in [0.4, 0.5) is 0 Å². The first-order valence-corrected chi connectivity index (χ1v) is 11.8. The van der Waals surface area contributed by atoms with E-state index in [1.807, 2.05) is 4.90 Å². The molecule has 1 aromatic rings. The second-order valence-electron chi connectivity index (χ2n) is 8.42. The molecule has 2 heterocycles. The van der Waals surface area contributed by atoms with Gasteiger partial charge >= 0.3 is 0 Å². The SMILES string of the molecule is O=C(C=Cc1ccc(Cl)c(Cl)c1)N1CCC(=O)N(CCCN2CC[C@H](CO)[C@@H](O)C2)CC1. The van der Waals surface area contributed by atoms with Crippen LogP contribution < -0.4 is 0 Å². The molecule has 0 aliphatic carbocycles. The highest BCUT2D eigenvalue weighted by Gasteiger charge is 2.27. The molecule has 0 bridgehead atoms. The van der Waals surface area contributed by atoms with Gasteiger partial charge in [-0.05, 0) is 49.7 Å². The number of nitrogens with zero attached hydrogens (tertiary/aromatic N) is 3. The van der Waals surface area contributed by atoms with Crippen LogP contribution in [-0.4, -0.2) is 95.3 Å². The Morgan fingerprint density at radius 3 is 2.66 bits per heavy atom. The summed E-state index contributed by atoms with van der Waals surface area (Å²) in [5.41, 5.74) is 0.786. The highest BCUT2D eigenvalue weighted by Crippen LogP contribution is 2.23. The molecule has 9 heteroatoms. The van der Waals surface area contributed by atoms with E-state index >= 15 is 0 Å². The summed E-state index contributed by atoms with van der Waals surface area (Å²) >= 11 is 11.9. The van der Waals surface area contributed by atoms with Crippen LogP contribution in [-0.2, 0) is 9.59 Å². The second kappa shape index (κ2) is 12.0. The highest BCUT2D eigenvalue weighted by molar-refractivity contribution is 6.42. The van der Waals surface area contributed by atoms with E-state index in [0.29, 0.717) is 49.2 Å². The minimum Gasteiger partial charge on any atom is -0.396 e. The molecule has 176 valence electrons. The lowest BCUT2D eigenvalue weighted by molar-refractivity contribution is -0.130. The number of aliphatic hydroxyl groups is 2. The number of carbonyl (C=O) groups excluding carboxylic acids is 2. The molecule has 2 atom stereocenters. The summed E-state index contributed by atoms with van der Waals surface area (Å²) in [6.07, 6.45) is 4.61. The Bertz CT molecular complexity index is 835. The number of likely N-dealkylation sites (tertiary alicyclic amines) is 1. The number of hydrogen-bond acceptors (Lipinski definition) is 5. The fourth-order valence-corrected chi connectivity index (χ4v) is 4.47. The molecular formula is C23H31Cl2N3O4. The minimum absolute atomic E-state index is 0.0230. The van der Waals surface area contributed by atoms with E-state index in [4.69, 9.17) is 23.2 Å². The third-order valence-corrected chi connectivity index (χ3v) is 6.94. The number of halogens is 2. The molecule has 3 rings (SSSR count). The van der Waals surface area contributed by atoms with Crippen molar-refractivity contribution in [2.75, 3.05) is 52.4 Å². The van der Waals surface area contributed by atoms with E-state index in [1.54, 1.807) is 29.2 Å². The predicted molar refractivity (Wildman–Crippen MR) is 126 cm³/mol. The number of piperidine rings is 1. The molecule has 2 amide bonds. The average Bonchev–Trinajstić information content (AvgIpc) is 2.96. The van der Waals surface area contributed by atoms with Gasteiger partial charge in [0.2, 0.25) is 11.8 Å². The Hall–Kier alpha value is -1.64. The monoisotopic (exact) mass is 483 g/mol. The molecule has 2 aliphatic rings. The number of rotatable bonds is 7. The lowest BCUT2D eigenvalue weighted by Crippen LogP contribution is -2.46. The van der Waals surface area contributed by atoms with E-state index in [9.17, 15) is 19.8 Å². The summed E-state index contributed by atoms with van der Waals surface area (Å²) in [5.74, 6) is -0.105. The Balaban J connectivity index is 1.44. The second-order valence-corrected chi connectivity index (χ2v) is 9.23. The Morgan fingerprint density at radius 2 is 1.94 bits per heavy atom. The zero-order valence-corrected chi connectivity index (χ0v) is 19.6. The van der Waals surface area contributed by atoms with Crippen LogP contribution in [0.3, 0.4) is 0 Å². The van der Waals surface area contributed by atoms with Crippen LogP contribution in [0.1, 0.15) is 24.8 Å². The van der Waals surface area contributed by atoms with Crippen molar-refractivity contribution in [2.45, 2.75) is 25.4 Å². The fourth-order valence-electron chi connectivity index (χ4n) is 4.16. The van der Waals surface area contributed by atoms with Gasteiger partial charge in [0.1, 0.15) is 0 Å².